The van der Waals surface area contributed by atoms with E-state index in [1.165, 1.54) is 37.1 Å². The van der Waals surface area contributed by atoms with Crippen molar-refractivity contribution in [3.05, 3.63) is 0 Å². The maximum atomic E-state index is 12.0. The Morgan fingerprint density at radius 1 is 1.41 bits per heavy atom. The Bertz CT molecular complexity index is 231. The fourth-order valence-corrected chi connectivity index (χ4v) is 2.41. The fraction of sp³-hybridized carbons (Fsp3) is 0.923. The Balaban J connectivity index is 2.11. The first-order valence-electron chi connectivity index (χ1n) is 7.01. The summed E-state index contributed by atoms with van der Waals surface area (Å²) >= 11 is 0. The summed E-state index contributed by atoms with van der Waals surface area (Å²) in [5, 5.41) is 2.16. The van der Waals surface area contributed by atoms with Crippen LogP contribution in [0.2, 0.25) is 0 Å². The van der Waals surface area contributed by atoms with Crippen LogP contribution in [0.1, 0.15) is 32.6 Å². The first kappa shape index (κ1) is 14.5. The van der Waals surface area contributed by atoms with Gasteiger partial charge in [-0.05, 0) is 26.2 Å². The summed E-state index contributed by atoms with van der Waals surface area (Å²) in [5.74, 6) is 0.328. The SMILES string of the molecule is C[C@H]1CCCCN1C(=O)C[NH2+]CCC[NH+](C)C. The third-order valence-corrected chi connectivity index (χ3v) is 3.53. The van der Waals surface area contributed by atoms with Crippen LogP contribution in [0.4, 0.5) is 0 Å². The molecule has 1 fully saturated rings. The van der Waals surface area contributed by atoms with Crippen LogP contribution in [-0.2, 0) is 4.79 Å². The minimum Gasteiger partial charge on any atom is -0.340 e. The van der Waals surface area contributed by atoms with Gasteiger partial charge in [-0.2, -0.15) is 0 Å². The van der Waals surface area contributed by atoms with E-state index in [2.05, 4.69) is 31.2 Å². The van der Waals surface area contributed by atoms with E-state index in [1.54, 1.807) is 0 Å². The van der Waals surface area contributed by atoms with Gasteiger partial charge in [0.2, 0.25) is 0 Å². The average Bonchev–Trinajstić information content (AvgIpc) is 2.28. The van der Waals surface area contributed by atoms with Gasteiger partial charge in [-0.15, -0.1) is 0 Å². The van der Waals surface area contributed by atoms with Gasteiger partial charge in [0.05, 0.1) is 27.2 Å². The maximum Gasteiger partial charge on any atom is 0.277 e. The second kappa shape index (κ2) is 7.67. The molecule has 0 unspecified atom stereocenters. The van der Waals surface area contributed by atoms with E-state index in [-0.39, 0.29) is 0 Å². The first-order chi connectivity index (χ1) is 8.11. The standard InChI is InChI=1S/C13H27N3O/c1-12-7-4-5-10-16(12)13(17)11-14-8-6-9-15(2)3/h12,14H,4-11H2,1-3H3/p+2/t12-/m0/s1. The molecular weight excluding hydrogens is 214 g/mol. The highest BCUT2D eigenvalue weighted by molar-refractivity contribution is 5.77. The number of nitrogens with one attached hydrogen (secondary N) is 1. The van der Waals surface area contributed by atoms with E-state index in [9.17, 15) is 4.79 Å². The minimum atomic E-state index is 0.328. The first-order valence-corrected chi connectivity index (χ1v) is 7.01. The van der Waals surface area contributed by atoms with Crippen molar-refractivity contribution in [2.45, 2.75) is 38.6 Å². The number of carbonyl (C=O) groups is 1. The summed E-state index contributed by atoms with van der Waals surface area (Å²) in [6.45, 7) is 6.03. The number of nitrogens with zero attached hydrogens (tertiary/aromatic N) is 1. The third kappa shape index (κ3) is 5.50. The number of quaternary nitrogens is 2. The van der Waals surface area contributed by atoms with Crippen LogP contribution in [0.15, 0.2) is 0 Å². The lowest BCUT2D eigenvalue weighted by molar-refractivity contribution is -0.860. The lowest BCUT2D eigenvalue weighted by Crippen LogP contribution is -3.06. The normalized spacial score (nSPS) is 20.9. The van der Waals surface area contributed by atoms with E-state index in [0.29, 0.717) is 18.5 Å². The van der Waals surface area contributed by atoms with Gasteiger partial charge in [-0.1, -0.05) is 0 Å². The fourth-order valence-electron chi connectivity index (χ4n) is 2.41. The number of carbonyl (C=O) groups excluding carboxylic acids is 1. The molecule has 1 amide bonds. The van der Waals surface area contributed by atoms with Crippen molar-refractivity contribution in [1.82, 2.24) is 4.90 Å². The van der Waals surface area contributed by atoms with E-state index >= 15 is 0 Å². The average molecular weight is 243 g/mol. The van der Waals surface area contributed by atoms with Crippen molar-refractivity contribution in [2.75, 3.05) is 40.3 Å². The molecule has 0 bridgehead atoms. The molecule has 100 valence electrons. The summed E-state index contributed by atoms with van der Waals surface area (Å²) in [4.78, 5) is 15.5. The number of hydrogen-bond donors (Lipinski definition) is 2. The predicted molar refractivity (Wildman–Crippen MR) is 69.0 cm³/mol. The molecule has 0 aromatic heterocycles. The Kier molecular flexibility index (Phi) is 6.52. The largest absolute Gasteiger partial charge is 0.340 e. The molecular formula is C13H29N3O+2. The monoisotopic (exact) mass is 243 g/mol. The molecule has 0 saturated carbocycles. The van der Waals surface area contributed by atoms with Crippen LogP contribution >= 0.6 is 0 Å². The van der Waals surface area contributed by atoms with Gasteiger partial charge in [0, 0.05) is 19.0 Å². The Hall–Kier alpha value is -0.610. The quantitative estimate of drug-likeness (QED) is 0.547. The minimum absolute atomic E-state index is 0.328. The highest BCUT2D eigenvalue weighted by atomic mass is 16.2. The smallest absolute Gasteiger partial charge is 0.277 e. The van der Waals surface area contributed by atoms with Gasteiger partial charge in [-0.25, -0.2) is 0 Å². The van der Waals surface area contributed by atoms with Gasteiger partial charge in [0.25, 0.3) is 5.91 Å². The highest BCUT2D eigenvalue weighted by Gasteiger charge is 2.23. The molecule has 1 heterocycles. The van der Waals surface area contributed by atoms with Crippen LogP contribution in [0, 0.1) is 0 Å². The number of piperidine rings is 1. The molecule has 0 aromatic carbocycles. The molecule has 0 spiro atoms. The van der Waals surface area contributed by atoms with Gasteiger partial charge < -0.3 is 15.1 Å². The van der Waals surface area contributed by atoms with E-state index < -0.39 is 0 Å². The predicted octanol–water partition coefficient (Wildman–Crippen LogP) is -1.51. The summed E-state index contributed by atoms with van der Waals surface area (Å²) in [6.07, 6.45) is 4.82. The van der Waals surface area contributed by atoms with Gasteiger partial charge in [0.1, 0.15) is 0 Å². The molecule has 4 nitrogen and oxygen atoms in total. The van der Waals surface area contributed by atoms with E-state index in [4.69, 9.17) is 0 Å². The van der Waals surface area contributed by atoms with Crippen LogP contribution in [0.3, 0.4) is 0 Å². The van der Waals surface area contributed by atoms with Crippen LogP contribution in [0.5, 0.6) is 0 Å². The van der Waals surface area contributed by atoms with Crippen molar-refractivity contribution < 1.29 is 15.0 Å². The van der Waals surface area contributed by atoms with Crippen LogP contribution in [0.25, 0.3) is 0 Å². The van der Waals surface area contributed by atoms with Gasteiger partial charge in [-0.3, -0.25) is 4.79 Å². The molecule has 0 radical (unpaired) electrons. The van der Waals surface area contributed by atoms with E-state index in [1.807, 2.05) is 0 Å². The molecule has 3 N–H and O–H groups in total. The number of amides is 1. The van der Waals surface area contributed by atoms with Gasteiger partial charge in [0.15, 0.2) is 6.54 Å². The third-order valence-electron chi connectivity index (χ3n) is 3.53. The van der Waals surface area contributed by atoms with Crippen molar-refractivity contribution in [3.63, 3.8) is 0 Å². The maximum absolute atomic E-state index is 12.0. The summed E-state index contributed by atoms with van der Waals surface area (Å²) in [6, 6.07) is 0.455. The van der Waals surface area contributed by atoms with Crippen molar-refractivity contribution >= 4 is 5.91 Å². The molecule has 0 aromatic rings. The lowest BCUT2D eigenvalue weighted by atomic mass is 10.0. The van der Waals surface area contributed by atoms with Gasteiger partial charge >= 0.3 is 0 Å². The molecule has 17 heavy (non-hydrogen) atoms. The van der Waals surface area contributed by atoms with Crippen LogP contribution in [-0.4, -0.2) is 57.1 Å². The second-order valence-electron chi connectivity index (χ2n) is 5.52. The molecule has 1 aliphatic heterocycles. The second-order valence-corrected chi connectivity index (χ2v) is 5.52. The van der Waals surface area contributed by atoms with Crippen molar-refractivity contribution in [1.29, 1.82) is 0 Å². The molecule has 0 aliphatic carbocycles. The van der Waals surface area contributed by atoms with E-state index in [0.717, 1.165) is 13.1 Å². The zero-order valence-electron chi connectivity index (χ0n) is 11.7. The highest BCUT2D eigenvalue weighted by Crippen LogP contribution is 2.15. The lowest BCUT2D eigenvalue weighted by Gasteiger charge is -2.32. The molecule has 1 rings (SSSR count). The van der Waals surface area contributed by atoms with Crippen LogP contribution < -0.4 is 10.2 Å². The Morgan fingerprint density at radius 3 is 2.82 bits per heavy atom. The Morgan fingerprint density at radius 2 is 2.18 bits per heavy atom. The number of nitrogens with two attached hydrogens (primary N) is 1. The van der Waals surface area contributed by atoms with Crippen molar-refractivity contribution in [2.24, 2.45) is 0 Å². The molecule has 4 heteroatoms. The molecule has 1 saturated heterocycles. The molecule has 1 aliphatic rings. The topological polar surface area (TPSA) is 41.4 Å². The zero-order chi connectivity index (χ0) is 12.7. The summed E-state index contributed by atoms with van der Waals surface area (Å²) in [5.41, 5.74) is 0. The summed E-state index contributed by atoms with van der Waals surface area (Å²) in [7, 11) is 4.33. The zero-order valence-corrected chi connectivity index (χ0v) is 11.7. The van der Waals surface area contributed by atoms with Crippen molar-refractivity contribution in [3.8, 4) is 0 Å². The number of likely N-dealkylation sites (tertiary alicyclic amines) is 1. The number of hydrogen-bond acceptors (Lipinski definition) is 1. The Labute approximate surface area is 105 Å². The molecule has 1 atom stereocenters. The summed E-state index contributed by atoms with van der Waals surface area (Å²) < 4.78 is 0. The number of rotatable bonds is 6.